The van der Waals surface area contributed by atoms with E-state index in [1.54, 1.807) is 11.9 Å². The normalized spacial score (nSPS) is 16.0. The van der Waals surface area contributed by atoms with Crippen LogP contribution in [0.5, 0.6) is 5.75 Å². The molecule has 3 rings (SSSR count). The predicted octanol–water partition coefficient (Wildman–Crippen LogP) is 2.30. The Labute approximate surface area is 183 Å². The van der Waals surface area contributed by atoms with Crippen molar-refractivity contribution in [3.63, 3.8) is 0 Å². The number of para-hydroxylation sites is 1. The third-order valence-electron chi connectivity index (χ3n) is 5.35. The van der Waals surface area contributed by atoms with Gasteiger partial charge in [0.1, 0.15) is 17.4 Å². The highest BCUT2D eigenvalue weighted by Crippen LogP contribution is 2.29. The Morgan fingerprint density at radius 3 is 2.52 bits per heavy atom. The minimum absolute atomic E-state index is 0.0257. The van der Waals surface area contributed by atoms with Crippen LogP contribution in [-0.2, 0) is 16.1 Å². The molecule has 1 aliphatic rings. The number of benzene rings is 1. The van der Waals surface area contributed by atoms with Crippen LogP contribution in [0.25, 0.3) is 0 Å². The summed E-state index contributed by atoms with van der Waals surface area (Å²) in [6.07, 6.45) is 0.446. The SMILES string of the molecule is CC(C)N1C[C@@H](c2cc(N(C)C)nc(CN(C)C(=O)COc3ccccc3)n2)CC1=O. The average Bonchev–Trinajstić information content (AvgIpc) is 3.14. The number of ether oxygens (including phenoxy) is 1. The number of likely N-dealkylation sites (N-methyl/N-ethyl adjacent to an activating group) is 1. The van der Waals surface area contributed by atoms with E-state index in [0.29, 0.717) is 24.5 Å². The van der Waals surface area contributed by atoms with E-state index in [2.05, 4.69) is 4.98 Å². The largest absolute Gasteiger partial charge is 0.484 e. The molecular formula is C23H31N5O3. The van der Waals surface area contributed by atoms with Gasteiger partial charge in [-0.1, -0.05) is 18.2 Å². The molecule has 8 nitrogen and oxygen atoms in total. The Balaban J connectivity index is 1.71. The first-order chi connectivity index (χ1) is 14.7. The van der Waals surface area contributed by atoms with Gasteiger partial charge in [0, 0.05) is 52.1 Å². The minimum Gasteiger partial charge on any atom is -0.484 e. The highest BCUT2D eigenvalue weighted by molar-refractivity contribution is 5.80. The number of likely N-dealkylation sites (tertiary alicyclic amines) is 1. The Bertz CT molecular complexity index is 917. The minimum atomic E-state index is -0.161. The molecule has 2 aromatic rings. The smallest absolute Gasteiger partial charge is 0.260 e. The molecule has 31 heavy (non-hydrogen) atoms. The van der Waals surface area contributed by atoms with Crippen LogP contribution < -0.4 is 9.64 Å². The van der Waals surface area contributed by atoms with E-state index in [-0.39, 0.29) is 36.9 Å². The van der Waals surface area contributed by atoms with Crippen molar-refractivity contribution in [1.29, 1.82) is 0 Å². The van der Waals surface area contributed by atoms with Crippen molar-refractivity contribution < 1.29 is 14.3 Å². The zero-order valence-electron chi connectivity index (χ0n) is 18.9. The summed E-state index contributed by atoms with van der Waals surface area (Å²) in [5.74, 6) is 1.98. The van der Waals surface area contributed by atoms with E-state index in [0.717, 1.165) is 11.5 Å². The summed E-state index contributed by atoms with van der Waals surface area (Å²) in [4.78, 5) is 39.6. The summed E-state index contributed by atoms with van der Waals surface area (Å²) in [5, 5.41) is 0. The first kappa shape index (κ1) is 22.5. The summed E-state index contributed by atoms with van der Waals surface area (Å²) >= 11 is 0. The van der Waals surface area contributed by atoms with Gasteiger partial charge < -0.3 is 19.4 Å². The number of rotatable bonds is 8. The van der Waals surface area contributed by atoms with Crippen LogP contribution >= 0.6 is 0 Å². The molecule has 8 heteroatoms. The molecule has 0 spiro atoms. The standard InChI is InChI=1S/C23H31N5O3/c1-16(2)28-13-17(11-22(28)29)19-12-21(26(3)4)25-20(24-19)14-27(5)23(30)15-31-18-9-7-6-8-10-18/h6-10,12,16-17H,11,13-15H2,1-5H3/t17-/m0/s1. The third-order valence-corrected chi connectivity index (χ3v) is 5.35. The van der Waals surface area contributed by atoms with Gasteiger partial charge >= 0.3 is 0 Å². The van der Waals surface area contributed by atoms with E-state index in [9.17, 15) is 9.59 Å². The molecule has 1 aromatic heterocycles. The van der Waals surface area contributed by atoms with E-state index < -0.39 is 0 Å². The van der Waals surface area contributed by atoms with Crippen molar-refractivity contribution in [1.82, 2.24) is 19.8 Å². The van der Waals surface area contributed by atoms with Crippen molar-refractivity contribution >= 4 is 17.6 Å². The number of carbonyl (C=O) groups excluding carboxylic acids is 2. The van der Waals surface area contributed by atoms with Gasteiger partial charge in [0.15, 0.2) is 6.61 Å². The zero-order valence-corrected chi connectivity index (χ0v) is 18.9. The molecule has 1 fully saturated rings. The number of anilines is 1. The average molecular weight is 426 g/mol. The molecule has 2 heterocycles. The van der Waals surface area contributed by atoms with Crippen LogP contribution in [0.1, 0.15) is 37.7 Å². The van der Waals surface area contributed by atoms with Crippen LogP contribution in [0.3, 0.4) is 0 Å². The first-order valence-corrected chi connectivity index (χ1v) is 10.5. The van der Waals surface area contributed by atoms with Crippen LogP contribution in [0.4, 0.5) is 5.82 Å². The van der Waals surface area contributed by atoms with E-state index in [4.69, 9.17) is 9.72 Å². The number of amides is 2. The second-order valence-corrected chi connectivity index (χ2v) is 8.35. The van der Waals surface area contributed by atoms with Gasteiger partial charge in [0.25, 0.3) is 5.91 Å². The molecule has 0 aliphatic carbocycles. The van der Waals surface area contributed by atoms with Crippen LogP contribution in [-0.4, -0.2) is 71.9 Å². The fourth-order valence-electron chi connectivity index (χ4n) is 3.51. The number of aromatic nitrogens is 2. The van der Waals surface area contributed by atoms with Crippen molar-refractivity contribution in [3.8, 4) is 5.75 Å². The summed E-state index contributed by atoms with van der Waals surface area (Å²) in [5.41, 5.74) is 0.839. The molecule has 2 amide bonds. The second kappa shape index (κ2) is 9.76. The lowest BCUT2D eigenvalue weighted by atomic mass is 10.0. The molecule has 0 N–H and O–H groups in total. The maximum atomic E-state index is 12.5. The van der Waals surface area contributed by atoms with Gasteiger partial charge in [0.05, 0.1) is 12.2 Å². The Morgan fingerprint density at radius 1 is 1.19 bits per heavy atom. The highest BCUT2D eigenvalue weighted by atomic mass is 16.5. The summed E-state index contributed by atoms with van der Waals surface area (Å²) in [6.45, 7) is 4.91. The Morgan fingerprint density at radius 2 is 1.90 bits per heavy atom. The number of nitrogens with zero attached hydrogens (tertiary/aromatic N) is 5. The summed E-state index contributed by atoms with van der Waals surface area (Å²) in [7, 11) is 5.54. The van der Waals surface area contributed by atoms with Crippen molar-refractivity contribution in [2.24, 2.45) is 0 Å². The van der Waals surface area contributed by atoms with E-state index in [1.807, 2.05) is 74.1 Å². The number of hydrogen-bond acceptors (Lipinski definition) is 6. The van der Waals surface area contributed by atoms with Gasteiger partial charge in [-0.3, -0.25) is 9.59 Å². The van der Waals surface area contributed by atoms with Gasteiger partial charge in [-0.2, -0.15) is 0 Å². The molecule has 0 saturated carbocycles. The number of carbonyl (C=O) groups is 2. The molecule has 1 aromatic carbocycles. The van der Waals surface area contributed by atoms with E-state index >= 15 is 0 Å². The zero-order chi connectivity index (χ0) is 22.5. The summed E-state index contributed by atoms with van der Waals surface area (Å²) in [6, 6.07) is 11.3. The number of hydrogen-bond donors (Lipinski definition) is 0. The molecule has 1 saturated heterocycles. The van der Waals surface area contributed by atoms with Gasteiger partial charge in [-0.25, -0.2) is 9.97 Å². The highest BCUT2D eigenvalue weighted by Gasteiger charge is 2.33. The van der Waals surface area contributed by atoms with Crippen molar-refractivity contribution in [2.75, 3.05) is 39.2 Å². The third kappa shape index (κ3) is 5.71. The predicted molar refractivity (Wildman–Crippen MR) is 119 cm³/mol. The topological polar surface area (TPSA) is 78.9 Å². The van der Waals surface area contributed by atoms with E-state index in [1.165, 1.54) is 0 Å². The summed E-state index contributed by atoms with van der Waals surface area (Å²) < 4.78 is 5.56. The maximum absolute atomic E-state index is 12.5. The lowest BCUT2D eigenvalue weighted by Gasteiger charge is -2.22. The molecule has 166 valence electrons. The Kier molecular flexibility index (Phi) is 7.09. The molecule has 0 radical (unpaired) electrons. The molecule has 0 unspecified atom stereocenters. The fourth-order valence-corrected chi connectivity index (χ4v) is 3.51. The second-order valence-electron chi connectivity index (χ2n) is 8.35. The van der Waals surface area contributed by atoms with Gasteiger partial charge in [-0.05, 0) is 26.0 Å². The lowest BCUT2D eigenvalue weighted by molar-refractivity contribution is -0.132. The monoisotopic (exact) mass is 425 g/mol. The molecular weight excluding hydrogens is 394 g/mol. The van der Waals surface area contributed by atoms with Crippen molar-refractivity contribution in [2.45, 2.75) is 38.8 Å². The fraction of sp³-hybridized carbons (Fsp3) is 0.478. The van der Waals surface area contributed by atoms with Gasteiger partial charge in [-0.15, -0.1) is 0 Å². The molecule has 0 bridgehead atoms. The first-order valence-electron chi connectivity index (χ1n) is 10.5. The van der Waals surface area contributed by atoms with Crippen LogP contribution in [0.15, 0.2) is 36.4 Å². The van der Waals surface area contributed by atoms with Crippen molar-refractivity contribution in [3.05, 3.63) is 47.9 Å². The Hall–Kier alpha value is -3.16. The maximum Gasteiger partial charge on any atom is 0.260 e. The quantitative estimate of drug-likeness (QED) is 0.646. The van der Waals surface area contributed by atoms with Gasteiger partial charge in [0.2, 0.25) is 5.91 Å². The van der Waals surface area contributed by atoms with Crippen LogP contribution in [0.2, 0.25) is 0 Å². The molecule has 1 atom stereocenters. The molecule has 1 aliphatic heterocycles. The lowest BCUT2D eigenvalue weighted by Crippen LogP contribution is -2.32. The van der Waals surface area contributed by atoms with Crippen LogP contribution in [0, 0.1) is 0 Å².